The molecule has 0 unspecified atom stereocenters. The van der Waals surface area contributed by atoms with Crippen molar-refractivity contribution in [2.75, 3.05) is 0 Å². The van der Waals surface area contributed by atoms with E-state index >= 15 is 0 Å². The lowest BCUT2D eigenvalue weighted by Gasteiger charge is -2.19. The summed E-state index contributed by atoms with van der Waals surface area (Å²) in [7, 11) is 0.737. The van der Waals surface area contributed by atoms with Crippen LogP contribution in [-0.2, 0) is 19.1 Å². The summed E-state index contributed by atoms with van der Waals surface area (Å²) in [6, 6.07) is 3.06. The summed E-state index contributed by atoms with van der Waals surface area (Å²) in [5.41, 5.74) is -5.03. The summed E-state index contributed by atoms with van der Waals surface area (Å²) < 4.78 is 108. The number of halogens is 8. The maximum Gasteiger partial charge on any atom is 0.459 e. The Morgan fingerprint density at radius 3 is 2.40 bits per heavy atom. The lowest BCUT2D eigenvalue weighted by Crippen LogP contribution is -2.36. The highest BCUT2D eigenvalue weighted by atomic mass is 32.1. The predicted octanol–water partition coefficient (Wildman–Crippen LogP) is 4.17. The molecule has 1 N–H and O–H groups in total. The Morgan fingerprint density at radius 2 is 1.86 bits per heavy atom. The molecule has 4 rings (SSSR count). The van der Waals surface area contributed by atoms with Gasteiger partial charge < -0.3 is 5.32 Å². The van der Waals surface area contributed by atoms with Crippen molar-refractivity contribution in [3.8, 4) is 22.5 Å². The number of rotatable bonds is 5. The van der Waals surface area contributed by atoms with Crippen molar-refractivity contribution in [3.63, 3.8) is 0 Å². The van der Waals surface area contributed by atoms with Crippen LogP contribution in [-0.4, -0.2) is 42.9 Å². The second kappa shape index (κ2) is 8.00. The molecule has 0 radical (unpaired) electrons. The first-order chi connectivity index (χ1) is 16.1. The summed E-state index contributed by atoms with van der Waals surface area (Å²) >= 11 is 0.773. The molecular weight excluding hydrogens is 514 g/mol. The molecule has 3 aromatic rings. The van der Waals surface area contributed by atoms with Crippen LogP contribution in [0, 0.1) is 11.3 Å². The highest BCUT2D eigenvalue weighted by molar-refractivity contribution is 7.16. The number of aryl methyl sites for hydroxylation is 1. The average molecular weight is 525 g/mol. The second-order valence-corrected chi connectivity index (χ2v) is 8.55. The molecule has 1 saturated carbocycles. The maximum absolute atomic E-state index is 13.9. The van der Waals surface area contributed by atoms with Gasteiger partial charge in [-0.25, -0.2) is 9.36 Å². The Balaban J connectivity index is 1.79. The zero-order valence-electron chi connectivity index (χ0n) is 17.2. The second-order valence-electron chi connectivity index (χ2n) is 7.50. The molecule has 35 heavy (non-hydrogen) atoms. The van der Waals surface area contributed by atoms with Gasteiger partial charge in [0.1, 0.15) is 22.2 Å². The molecule has 0 spiro atoms. The maximum atomic E-state index is 13.9. The summed E-state index contributed by atoms with van der Waals surface area (Å²) in [6.07, 6.45) is -9.61. The van der Waals surface area contributed by atoms with Gasteiger partial charge in [0.25, 0.3) is 5.91 Å². The number of aromatic nitrogens is 5. The zero-order valence-corrected chi connectivity index (χ0v) is 18.0. The lowest BCUT2D eigenvalue weighted by atomic mass is 10.1. The zero-order chi connectivity index (χ0) is 25.9. The number of hydrogen-bond donors (Lipinski definition) is 1. The van der Waals surface area contributed by atoms with Gasteiger partial charge in [-0.3, -0.25) is 4.79 Å². The van der Waals surface area contributed by atoms with Gasteiger partial charge in [-0.1, -0.05) is 5.21 Å². The highest BCUT2D eigenvalue weighted by Gasteiger charge is 2.64. The largest absolute Gasteiger partial charge is 0.459 e. The van der Waals surface area contributed by atoms with Gasteiger partial charge in [-0.2, -0.15) is 45.5 Å². The Hall–Kier alpha value is -3.55. The van der Waals surface area contributed by atoms with E-state index in [2.05, 4.69) is 20.7 Å². The number of nitrogens with zero attached hydrogens (tertiary/aromatic N) is 6. The third kappa shape index (κ3) is 4.33. The molecule has 0 aliphatic heterocycles. The normalized spacial score (nSPS) is 14.7. The molecule has 3 aromatic heterocycles. The van der Waals surface area contributed by atoms with Gasteiger partial charge in [0.15, 0.2) is 11.5 Å². The molecule has 0 saturated heterocycles. The van der Waals surface area contributed by atoms with Crippen LogP contribution in [0.5, 0.6) is 0 Å². The van der Waals surface area contributed by atoms with E-state index in [4.69, 9.17) is 0 Å². The van der Waals surface area contributed by atoms with Crippen LogP contribution in [0.3, 0.4) is 0 Å². The van der Waals surface area contributed by atoms with Gasteiger partial charge >= 0.3 is 18.3 Å². The molecular formula is C18H11F8N7OS. The van der Waals surface area contributed by atoms with Crippen molar-refractivity contribution >= 4 is 17.2 Å². The predicted molar refractivity (Wildman–Crippen MR) is 102 cm³/mol. The molecule has 8 nitrogen and oxygen atoms in total. The topological polar surface area (TPSA) is 101 Å². The molecule has 1 fully saturated rings. The summed E-state index contributed by atoms with van der Waals surface area (Å²) in [5, 5.41) is 21.8. The smallest absolute Gasteiger partial charge is 0.349 e. The number of nitrogens with one attached hydrogen (secondary N) is 1. The molecule has 17 heteroatoms. The number of nitriles is 1. The SMILES string of the molecule is Cn1nc(C(F)(F)C(F)(F)F)c(C(F)(F)F)c1-n1cc(-c2cc(C(=O)NC3CC3)c(C#N)s2)nn1. The van der Waals surface area contributed by atoms with E-state index in [1.54, 1.807) is 0 Å². The molecule has 0 atom stereocenters. The molecule has 1 aliphatic rings. The molecule has 0 bridgehead atoms. The quantitative estimate of drug-likeness (QED) is 0.504. The van der Waals surface area contributed by atoms with E-state index in [1.807, 2.05) is 6.07 Å². The Labute approximate surface area is 193 Å². The van der Waals surface area contributed by atoms with Gasteiger partial charge in [0.2, 0.25) is 0 Å². The van der Waals surface area contributed by atoms with Crippen molar-refractivity contribution in [3.05, 3.63) is 34.0 Å². The highest BCUT2D eigenvalue weighted by Crippen LogP contribution is 2.49. The number of amides is 1. The average Bonchev–Trinajstić information content (AvgIpc) is 3.15. The fraction of sp³-hybridized carbons (Fsp3) is 0.389. The van der Waals surface area contributed by atoms with Crippen molar-refractivity contribution in [1.82, 2.24) is 30.1 Å². The molecule has 1 amide bonds. The van der Waals surface area contributed by atoms with Crippen LogP contribution < -0.4 is 5.32 Å². The summed E-state index contributed by atoms with van der Waals surface area (Å²) in [5.74, 6) is -7.68. The van der Waals surface area contributed by atoms with Crippen molar-refractivity contribution in [1.29, 1.82) is 5.26 Å². The first-order valence-electron chi connectivity index (χ1n) is 9.52. The fourth-order valence-corrected chi connectivity index (χ4v) is 4.03. The minimum atomic E-state index is -6.34. The third-order valence-corrected chi connectivity index (χ3v) is 5.97. The summed E-state index contributed by atoms with van der Waals surface area (Å²) in [4.78, 5) is 12.4. The van der Waals surface area contributed by atoms with Gasteiger partial charge in [0.05, 0.1) is 16.6 Å². The van der Waals surface area contributed by atoms with E-state index in [0.29, 0.717) is 4.68 Å². The van der Waals surface area contributed by atoms with E-state index in [9.17, 15) is 45.2 Å². The van der Waals surface area contributed by atoms with Gasteiger partial charge in [-0.05, 0) is 18.9 Å². The van der Waals surface area contributed by atoms with E-state index in [1.165, 1.54) is 6.07 Å². The van der Waals surface area contributed by atoms with Crippen LogP contribution in [0.15, 0.2) is 12.3 Å². The lowest BCUT2D eigenvalue weighted by molar-refractivity contribution is -0.292. The van der Waals surface area contributed by atoms with Crippen molar-refractivity contribution < 1.29 is 39.9 Å². The number of alkyl halides is 8. The Kier molecular flexibility index (Phi) is 5.62. The fourth-order valence-electron chi connectivity index (χ4n) is 3.13. The van der Waals surface area contributed by atoms with Crippen molar-refractivity contribution in [2.45, 2.75) is 37.2 Å². The number of carbonyl (C=O) groups is 1. The molecule has 0 aromatic carbocycles. The molecule has 1 aliphatic carbocycles. The van der Waals surface area contributed by atoms with Crippen LogP contribution in [0.4, 0.5) is 35.1 Å². The van der Waals surface area contributed by atoms with Gasteiger partial charge in [0, 0.05) is 13.1 Å². The van der Waals surface area contributed by atoms with Crippen molar-refractivity contribution in [2.24, 2.45) is 7.05 Å². The first-order valence-corrected chi connectivity index (χ1v) is 10.3. The van der Waals surface area contributed by atoms with Crippen LogP contribution in [0.1, 0.15) is 39.3 Å². The minimum absolute atomic E-state index is 0.00225. The van der Waals surface area contributed by atoms with Gasteiger partial charge in [-0.15, -0.1) is 16.4 Å². The van der Waals surface area contributed by atoms with Crippen LogP contribution in [0.2, 0.25) is 0 Å². The van der Waals surface area contributed by atoms with Crippen LogP contribution >= 0.6 is 11.3 Å². The number of hydrogen-bond acceptors (Lipinski definition) is 6. The Morgan fingerprint density at radius 1 is 1.20 bits per heavy atom. The first kappa shape index (κ1) is 24.6. The van der Waals surface area contributed by atoms with E-state index < -0.39 is 41.3 Å². The van der Waals surface area contributed by atoms with Crippen LogP contribution in [0.25, 0.3) is 16.4 Å². The monoisotopic (exact) mass is 525 g/mol. The number of carbonyl (C=O) groups excluding carboxylic acids is 1. The third-order valence-electron chi connectivity index (χ3n) is 4.91. The van der Waals surface area contributed by atoms with E-state index in [0.717, 1.165) is 37.4 Å². The molecule has 3 heterocycles. The number of thiophene rings is 1. The van der Waals surface area contributed by atoms with E-state index in [-0.39, 0.29) is 31.7 Å². The molecule has 186 valence electrons. The summed E-state index contributed by atoms with van der Waals surface area (Å²) in [6.45, 7) is 0. The minimum Gasteiger partial charge on any atom is -0.349 e. The standard InChI is InChI=1S/C18H11F8N7OS/c1-32-15(12(17(21,22)23)13(30-32)16(19,20)18(24,25)26)33-6-9(29-31-33)10-4-8(11(5-27)35-10)14(34)28-7-2-3-7/h4,6-7H,2-3H2,1H3,(H,28,34). The Bertz CT molecular complexity index is 1340.